The van der Waals surface area contributed by atoms with Crippen molar-refractivity contribution >= 4 is 0 Å². The Kier molecular flexibility index (Phi) is 4.60. The van der Waals surface area contributed by atoms with Crippen LogP contribution in [-0.2, 0) is 15.7 Å². The van der Waals surface area contributed by atoms with Gasteiger partial charge in [0, 0.05) is 0 Å². The SMILES string of the molecule is CCN([C]#[Cr])CC. The van der Waals surface area contributed by atoms with Crippen molar-refractivity contribution in [3.05, 3.63) is 0 Å². The molecule has 0 aliphatic heterocycles. The van der Waals surface area contributed by atoms with Gasteiger partial charge in [0.2, 0.25) is 0 Å². The van der Waals surface area contributed by atoms with Gasteiger partial charge in [-0.1, -0.05) is 0 Å². The second kappa shape index (κ2) is 4.43. The van der Waals surface area contributed by atoms with Crippen LogP contribution in [0, 0.1) is 4.81 Å². The Morgan fingerprint density at radius 1 is 1.43 bits per heavy atom. The Balaban J connectivity index is 3.23. The van der Waals surface area contributed by atoms with E-state index in [1.165, 1.54) is 0 Å². The molecule has 0 saturated carbocycles. The fraction of sp³-hybridized carbons (Fsp3) is 0.800. The van der Waals surface area contributed by atoms with Gasteiger partial charge in [-0.25, -0.2) is 0 Å². The van der Waals surface area contributed by atoms with Crippen LogP contribution >= 0.6 is 0 Å². The van der Waals surface area contributed by atoms with Crippen LogP contribution in [0.1, 0.15) is 13.8 Å². The Labute approximate surface area is 52.9 Å². The predicted molar refractivity (Wildman–Crippen MR) is 26.8 cm³/mol. The average molecular weight is 136 g/mol. The fourth-order valence-electron chi connectivity index (χ4n) is 0.353. The zero-order valence-corrected chi connectivity index (χ0v) is 6.04. The first-order valence-electron chi connectivity index (χ1n) is 2.47. The first kappa shape index (κ1) is 7.27. The number of nitrogens with zero attached hydrogens (tertiary/aromatic N) is 1. The summed E-state index contributed by atoms with van der Waals surface area (Å²) < 4.78 is 0. The molecule has 0 saturated heterocycles. The van der Waals surface area contributed by atoms with E-state index in [-0.39, 0.29) is 0 Å². The van der Waals surface area contributed by atoms with Gasteiger partial charge < -0.3 is 0 Å². The van der Waals surface area contributed by atoms with Crippen molar-refractivity contribution in [1.82, 2.24) is 4.90 Å². The summed E-state index contributed by atoms with van der Waals surface area (Å²) in [5.74, 6) is 0. The van der Waals surface area contributed by atoms with Gasteiger partial charge in [-0.05, 0) is 0 Å². The monoisotopic (exact) mass is 136 g/mol. The van der Waals surface area contributed by atoms with Crippen LogP contribution < -0.4 is 0 Å². The Morgan fingerprint density at radius 3 is 1.86 bits per heavy atom. The van der Waals surface area contributed by atoms with E-state index in [2.05, 4.69) is 39.2 Å². The molecule has 0 fully saturated rings. The van der Waals surface area contributed by atoms with Gasteiger partial charge in [0.05, 0.1) is 0 Å². The van der Waals surface area contributed by atoms with Crippen molar-refractivity contribution in [2.24, 2.45) is 0 Å². The minimum atomic E-state index is 1.05. The standard InChI is InChI=1S/C5H10N.Cr/c1-4-6(3)5-2;/h4-5H2,1-2H3;. The number of hydrogen-bond donors (Lipinski definition) is 0. The molecule has 2 heteroatoms. The van der Waals surface area contributed by atoms with Crippen molar-refractivity contribution in [3.8, 4) is 4.81 Å². The maximum absolute atomic E-state index is 2.91. The van der Waals surface area contributed by atoms with E-state index in [0.717, 1.165) is 13.1 Å². The Bertz CT molecular complexity index is 70.6. The summed E-state index contributed by atoms with van der Waals surface area (Å²) in [4.78, 5) is 4.98. The van der Waals surface area contributed by atoms with Crippen molar-refractivity contribution in [1.29, 1.82) is 0 Å². The van der Waals surface area contributed by atoms with Crippen molar-refractivity contribution in [2.75, 3.05) is 13.1 Å². The summed E-state index contributed by atoms with van der Waals surface area (Å²) in [5.41, 5.74) is 0. The molecular weight excluding hydrogens is 126 g/mol. The first-order valence-corrected chi connectivity index (χ1v) is 3.11. The third kappa shape index (κ3) is 2.91. The van der Waals surface area contributed by atoms with Gasteiger partial charge in [0.1, 0.15) is 0 Å². The molecule has 41 valence electrons. The molecule has 0 bridgehead atoms. The van der Waals surface area contributed by atoms with Gasteiger partial charge in [-0.3, -0.25) is 0 Å². The second-order valence-electron chi connectivity index (χ2n) is 1.26. The minimum absolute atomic E-state index is 1.05. The molecule has 0 aromatic heterocycles. The normalized spacial score (nSPS) is 8.86. The number of hydrogen-bond acceptors (Lipinski definition) is 1. The molecule has 0 aliphatic carbocycles. The summed E-state index contributed by atoms with van der Waals surface area (Å²) >= 11 is 2.72. The zero-order chi connectivity index (χ0) is 5.70. The van der Waals surface area contributed by atoms with E-state index >= 15 is 0 Å². The maximum atomic E-state index is 2.91. The van der Waals surface area contributed by atoms with Gasteiger partial charge in [-0.15, -0.1) is 0 Å². The Morgan fingerprint density at radius 2 is 1.86 bits per heavy atom. The topological polar surface area (TPSA) is 3.24 Å². The van der Waals surface area contributed by atoms with E-state index in [0.29, 0.717) is 0 Å². The molecule has 0 N–H and O–H groups in total. The molecule has 1 nitrogen and oxygen atoms in total. The van der Waals surface area contributed by atoms with Crippen LogP contribution in [0.25, 0.3) is 0 Å². The summed E-state index contributed by atoms with van der Waals surface area (Å²) in [7, 11) is 0. The molecule has 0 radical (unpaired) electrons. The van der Waals surface area contributed by atoms with Gasteiger partial charge >= 0.3 is 52.3 Å². The molecule has 0 amide bonds. The molecule has 0 unspecified atom stereocenters. The van der Waals surface area contributed by atoms with Crippen LogP contribution in [0.2, 0.25) is 0 Å². The van der Waals surface area contributed by atoms with Crippen LogP contribution in [0.3, 0.4) is 0 Å². The van der Waals surface area contributed by atoms with E-state index < -0.39 is 0 Å². The zero-order valence-electron chi connectivity index (χ0n) is 4.77. The summed E-state index contributed by atoms with van der Waals surface area (Å²) in [6.45, 7) is 6.30. The Hall–Kier alpha value is 0.272. The predicted octanol–water partition coefficient (Wildman–Crippen LogP) is 0.792. The fourth-order valence-corrected chi connectivity index (χ4v) is 0.756. The summed E-state index contributed by atoms with van der Waals surface area (Å²) in [6.07, 6.45) is 0. The van der Waals surface area contributed by atoms with E-state index in [9.17, 15) is 0 Å². The van der Waals surface area contributed by atoms with Crippen molar-refractivity contribution in [3.63, 3.8) is 0 Å². The summed E-state index contributed by atoms with van der Waals surface area (Å²) in [6, 6.07) is 0. The molecular formula is C5H10CrN. The first-order chi connectivity index (χ1) is 3.35. The quantitative estimate of drug-likeness (QED) is 0.507. The van der Waals surface area contributed by atoms with Gasteiger partial charge in [-0.2, -0.15) is 0 Å². The molecule has 7 heavy (non-hydrogen) atoms. The molecule has 0 rings (SSSR count). The van der Waals surface area contributed by atoms with E-state index in [4.69, 9.17) is 0 Å². The molecule has 0 aromatic rings. The van der Waals surface area contributed by atoms with Crippen LogP contribution in [0.5, 0.6) is 0 Å². The summed E-state index contributed by atoms with van der Waals surface area (Å²) in [5, 5.41) is 0. The van der Waals surface area contributed by atoms with E-state index in [1.807, 2.05) is 0 Å². The van der Waals surface area contributed by atoms with Gasteiger partial charge in [0.25, 0.3) is 0 Å². The molecule has 0 spiro atoms. The van der Waals surface area contributed by atoms with Gasteiger partial charge in [0.15, 0.2) is 0 Å². The van der Waals surface area contributed by atoms with Crippen LogP contribution in [0.4, 0.5) is 0 Å². The van der Waals surface area contributed by atoms with Crippen molar-refractivity contribution < 1.29 is 15.7 Å². The van der Waals surface area contributed by atoms with Crippen LogP contribution in [0.15, 0.2) is 0 Å². The third-order valence-electron chi connectivity index (χ3n) is 0.893. The third-order valence-corrected chi connectivity index (χ3v) is 1.30. The molecule has 0 atom stereocenters. The molecule has 0 aromatic carbocycles. The van der Waals surface area contributed by atoms with Crippen molar-refractivity contribution in [2.45, 2.75) is 13.8 Å². The average Bonchev–Trinajstić information content (AvgIpc) is 1.72. The van der Waals surface area contributed by atoms with E-state index in [1.54, 1.807) is 0 Å². The van der Waals surface area contributed by atoms with Crippen LogP contribution in [-0.4, -0.2) is 18.0 Å². The number of rotatable bonds is 2. The molecule has 0 heterocycles. The molecule has 0 aliphatic rings. The second-order valence-corrected chi connectivity index (χ2v) is 1.55.